The number of carboxylic acids is 1. The van der Waals surface area contributed by atoms with Crippen LogP contribution >= 0.6 is 0 Å². The van der Waals surface area contributed by atoms with Crippen LogP contribution in [0.2, 0.25) is 0 Å². The van der Waals surface area contributed by atoms with Gasteiger partial charge in [-0.3, -0.25) is 4.79 Å². The maximum absolute atomic E-state index is 11.8. The number of carboxylic acid groups (broad SMARTS) is 1. The van der Waals surface area contributed by atoms with Crippen molar-refractivity contribution in [1.29, 1.82) is 0 Å². The third-order valence-electron chi connectivity index (χ3n) is 2.95. The smallest absolute Gasteiger partial charge is 0.358 e. The van der Waals surface area contributed by atoms with Crippen molar-refractivity contribution in [2.75, 3.05) is 6.54 Å². The third-order valence-corrected chi connectivity index (χ3v) is 2.95. The number of hydrogen-bond donors (Lipinski definition) is 2. The van der Waals surface area contributed by atoms with Gasteiger partial charge in [-0.05, 0) is 38.3 Å². The van der Waals surface area contributed by atoms with Crippen molar-refractivity contribution in [3.8, 4) is 5.75 Å². The van der Waals surface area contributed by atoms with Crippen molar-refractivity contribution in [3.63, 3.8) is 0 Å². The van der Waals surface area contributed by atoms with E-state index in [0.29, 0.717) is 18.7 Å². The van der Waals surface area contributed by atoms with Gasteiger partial charge in [-0.15, -0.1) is 0 Å². The molecular formula is C13H16N2O4. The number of aromatic carboxylic acids is 1. The van der Waals surface area contributed by atoms with Crippen molar-refractivity contribution in [2.24, 2.45) is 0 Å². The Balaban J connectivity index is 2.22. The highest BCUT2D eigenvalue weighted by Gasteiger charge is 2.25. The lowest BCUT2D eigenvalue weighted by molar-refractivity contribution is -0.127. The van der Waals surface area contributed by atoms with E-state index in [1.165, 1.54) is 0 Å². The zero-order valence-electron chi connectivity index (χ0n) is 10.7. The second-order valence-corrected chi connectivity index (χ2v) is 4.50. The first kappa shape index (κ1) is 13.3. The van der Waals surface area contributed by atoms with Gasteiger partial charge in [-0.25, -0.2) is 9.78 Å². The van der Waals surface area contributed by atoms with Gasteiger partial charge in [0.1, 0.15) is 0 Å². The van der Waals surface area contributed by atoms with Crippen LogP contribution in [0.15, 0.2) is 12.1 Å². The summed E-state index contributed by atoms with van der Waals surface area (Å²) in [5.74, 6) is -1.22. The van der Waals surface area contributed by atoms with E-state index in [4.69, 9.17) is 9.84 Å². The van der Waals surface area contributed by atoms with Crippen LogP contribution in [0.1, 0.15) is 35.4 Å². The average Bonchev–Trinajstić information content (AvgIpc) is 2.57. The lowest BCUT2D eigenvalue weighted by atomic mass is 10.2. The monoisotopic (exact) mass is 264 g/mol. The molecule has 2 N–H and O–H groups in total. The lowest BCUT2D eigenvalue weighted by Crippen LogP contribution is -2.36. The highest BCUT2D eigenvalue weighted by Crippen LogP contribution is 2.21. The average molecular weight is 264 g/mol. The standard InChI is InChI=1S/C13H16N2O4/c1-8-5-6-9(11(15-8)13(17)18)19-10-4-2-3-7-14-12(10)16/h5-6,10H,2-4,7H2,1H3,(H,14,16)(H,17,18). The van der Waals surface area contributed by atoms with Crippen LogP contribution < -0.4 is 10.1 Å². The van der Waals surface area contributed by atoms with Crippen LogP contribution in [-0.4, -0.2) is 34.6 Å². The molecule has 1 unspecified atom stereocenters. The molecule has 19 heavy (non-hydrogen) atoms. The molecule has 0 aromatic carbocycles. The Morgan fingerprint density at radius 1 is 1.47 bits per heavy atom. The molecule has 1 saturated heterocycles. The molecule has 6 heteroatoms. The predicted octanol–water partition coefficient (Wildman–Crippen LogP) is 1.14. The van der Waals surface area contributed by atoms with Crippen LogP contribution in [0.4, 0.5) is 0 Å². The number of nitrogens with one attached hydrogen (secondary N) is 1. The van der Waals surface area contributed by atoms with Crippen molar-refractivity contribution < 1.29 is 19.4 Å². The SMILES string of the molecule is Cc1ccc(OC2CCCCNC2=O)c(C(=O)O)n1. The fraction of sp³-hybridized carbons (Fsp3) is 0.462. The zero-order valence-corrected chi connectivity index (χ0v) is 10.7. The molecule has 1 fully saturated rings. The number of hydrogen-bond acceptors (Lipinski definition) is 4. The summed E-state index contributed by atoms with van der Waals surface area (Å²) >= 11 is 0. The Labute approximate surface area is 110 Å². The van der Waals surface area contributed by atoms with Crippen LogP contribution in [-0.2, 0) is 4.79 Å². The summed E-state index contributed by atoms with van der Waals surface area (Å²) < 4.78 is 5.54. The molecular weight excluding hydrogens is 248 g/mol. The Hall–Kier alpha value is -2.11. The number of amides is 1. The highest BCUT2D eigenvalue weighted by atomic mass is 16.5. The maximum atomic E-state index is 11.8. The molecule has 0 aliphatic carbocycles. The minimum atomic E-state index is -1.16. The molecule has 1 aliphatic rings. The van der Waals surface area contributed by atoms with E-state index in [0.717, 1.165) is 12.8 Å². The van der Waals surface area contributed by atoms with Crippen LogP contribution in [0.25, 0.3) is 0 Å². The number of carbonyl (C=O) groups is 2. The number of ether oxygens (including phenoxy) is 1. The van der Waals surface area contributed by atoms with Gasteiger partial charge in [0.05, 0.1) is 0 Å². The number of pyridine rings is 1. The van der Waals surface area contributed by atoms with Crippen molar-refractivity contribution in [1.82, 2.24) is 10.3 Å². The Kier molecular flexibility index (Phi) is 3.99. The van der Waals surface area contributed by atoms with E-state index in [2.05, 4.69) is 10.3 Å². The van der Waals surface area contributed by atoms with Gasteiger partial charge in [0.15, 0.2) is 17.5 Å². The second-order valence-electron chi connectivity index (χ2n) is 4.50. The molecule has 6 nitrogen and oxygen atoms in total. The van der Waals surface area contributed by atoms with E-state index >= 15 is 0 Å². The second kappa shape index (κ2) is 5.69. The minimum Gasteiger partial charge on any atom is -0.478 e. The first-order valence-corrected chi connectivity index (χ1v) is 6.23. The van der Waals surface area contributed by atoms with Gasteiger partial charge in [0.2, 0.25) is 0 Å². The number of aromatic nitrogens is 1. The van der Waals surface area contributed by atoms with Gasteiger partial charge in [-0.1, -0.05) is 0 Å². The quantitative estimate of drug-likeness (QED) is 0.854. The van der Waals surface area contributed by atoms with E-state index in [-0.39, 0.29) is 17.4 Å². The van der Waals surface area contributed by atoms with E-state index < -0.39 is 12.1 Å². The molecule has 2 heterocycles. The molecule has 0 bridgehead atoms. The molecule has 0 radical (unpaired) electrons. The molecule has 1 amide bonds. The molecule has 0 spiro atoms. The number of nitrogens with zero attached hydrogens (tertiary/aromatic N) is 1. The first-order valence-electron chi connectivity index (χ1n) is 6.23. The topological polar surface area (TPSA) is 88.5 Å². The number of aryl methyl sites for hydroxylation is 1. The fourth-order valence-electron chi connectivity index (χ4n) is 1.97. The summed E-state index contributed by atoms with van der Waals surface area (Å²) in [5, 5.41) is 11.8. The maximum Gasteiger partial charge on any atom is 0.358 e. The summed E-state index contributed by atoms with van der Waals surface area (Å²) in [4.78, 5) is 26.8. The Morgan fingerprint density at radius 3 is 3.00 bits per heavy atom. The Morgan fingerprint density at radius 2 is 2.26 bits per heavy atom. The van der Waals surface area contributed by atoms with Crippen molar-refractivity contribution >= 4 is 11.9 Å². The van der Waals surface area contributed by atoms with Crippen LogP contribution in [0, 0.1) is 6.92 Å². The number of carbonyl (C=O) groups excluding carboxylic acids is 1. The molecule has 1 atom stereocenters. The van der Waals surface area contributed by atoms with Gasteiger partial charge in [0.25, 0.3) is 5.91 Å². The van der Waals surface area contributed by atoms with Crippen LogP contribution in [0.5, 0.6) is 5.75 Å². The third kappa shape index (κ3) is 3.21. The molecule has 1 aromatic heterocycles. The summed E-state index contributed by atoms with van der Waals surface area (Å²) in [7, 11) is 0. The van der Waals surface area contributed by atoms with E-state index in [1.54, 1.807) is 19.1 Å². The molecule has 0 saturated carbocycles. The van der Waals surface area contributed by atoms with E-state index in [9.17, 15) is 9.59 Å². The highest BCUT2D eigenvalue weighted by molar-refractivity contribution is 5.89. The summed E-state index contributed by atoms with van der Waals surface area (Å²) in [6.45, 7) is 2.34. The van der Waals surface area contributed by atoms with Gasteiger partial charge >= 0.3 is 5.97 Å². The van der Waals surface area contributed by atoms with Crippen molar-refractivity contribution in [2.45, 2.75) is 32.3 Å². The summed E-state index contributed by atoms with van der Waals surface area (Å²) in [6.07, 6.45) is 1.71. The first-order chi connectivity index (χ1) is 9.08. The minimum absolute atomic E-state index is 0.139. The molecule has 1 aromatic rings. The normalized spacial score (nSPS) is 19.4. The van der Waals surface area contributed by atoms with Crippen molar-refractivity contribution in [3.05, 3.63) is 23.5 Å². The predicted molar refractivity (Wildman–Crippen MR) is 67.2 cm³/mol. The molecule has 1 aliphatic heterocycles. The molecule has 2 rings (SSSR count). The zero-order chi connectivity index (χ0) is 13.8. The van der Waals surface area contributed by atoms with Crippen LogP contribution in [0.3, 0.4) is 0 Å². The largest absolute Gasteiger partial charge is 0.478 e. The summed E-state index contributed by atoms with van der Waals surface area (Å²) in [5.41, 5.74) is 0.437. The summed E-state index contributed by atoms with van der Waals surface area (Å²) in [6, 6.07) is 3.21. The lowest BCUT2D eigenvalue weighted by Gasteiger charge is -2.17. The number of rotatable bonds is 3. The molecule has 102 valence electrons. The van der Waals surface area contributed by atoms with E-state index in [1.807, 2.05) is 0 Å². The van der Waals surface area contributed by atoms with Gasteiger partial charge in [-0.2, -0.15) is 0 Å². The Bertz CT molecular complexity index is 501. The van der Waals surface area contributed by atoms with Gasteiger partial charge < -0.3 is 15.2 Å². The van der Waals surface area contributed by atoms with Gasteiger partial charge in [0, 0.05) is 12.2 Å². The fourth-order valence-corrected chi connectivity index (χ4v) is 1.97.